The molecule has 0 unspecified atom stereocenters. The second-order valence-corrected chi connectivity index (χ2v) is 7.72. The Morgan fingerprint density at radius 2 is 1.59 bits per heavy atom. The topological polar surface area (TPSA) is 41.6 Å². The normalized spacial score (nSPS) is 11.2. The van der Waals surface area contributed by atoms with Crippen LogP contribution in [0.5, 0.6) is 0 Å². The van der Waals surface area contributed by atoms with Gasteiger partial charge in [-0.05, 0) is 42.0 Å². The van der Waals surface area contributed by atoms with E-state index < -0.39 is 5.82 Å². The second kappa shape index (κ2) is 7.04. The average molecular weight is 413 g/mol. The van der Waals surface area contributed by atoms with Crippen molar-refractivity contribution in [2.45, 2.75) is 0 Å². The summed E-state index contributed by atoms with van der Waals surface area (Å²) in [5.74, 6) is -0.518. The Labute approximate surface area is 183 Å². The van der Waals surface area contributed by atoms with Gasteiger partial charge in [0.15, 0.2) is 5.82 Å². The third-order valence-electron chi connectivity index (χ3n) is 5.94. The Hall–Kier alpha value is -4.49. The van der Waals surface area contributed by atoms with Crippen LogP contribution in [-0.2, 0) is 0 Å². The highest BCUT2D eigenvalue weighted by atomic mass is 19.1. The van der Waals surface area contributed by atoms with Crippen molar-refractivity contribution in [3.8, 4) is 22.9 Å². The smallest absolute Gasteiger partial charge is 0.164 e. The molecule has 0 radical (unpaired) electrons. The summed E-state index contributed by atoms with van der Waals surface area (Å²) in [6.07, 6.45) is 1.89. The van der Waals surface area contributed by atoms with Gasteiger partial charge in [0.1, 0.15) is 6.07 Å². The highest BCUT2D eigenvalue weighted by molar-refractivity contribution is 6.16. The van der Waals surface area contributed by atoms with Crippen LogP contribution in [0.25, 0.3) is 49.5 Å². The summed E-state index contributed by atoms with van der Waals surface area (Å²) < 4.78 is 17.1. The molecule has 0 aliphatic rings. The molecule has 0 aliphatic heterocycles. The minimum atomic E-state index is -0.518. The predicted octanol–water partition coefficient (Wildman–Crippen LogP) is 7.01. The van der Waals surface area contributed by atoms with Crippen molar-refractivity contribution in [3.63, 3.8) is 0 Å². The molecular weight excluding hydrogens is 397 g/mol. The zero-order chi connectivity index (χ0) is 21.7. The first-order chi connectivity index (χ1) is 15.8. The first kappa shape index (κ1) is 18.3. The van der Waals surface area contributed by atoms with Crippen LogP contribution < -0.4 is 0 Å². The molecule has 32 heavy (non-hydrogen) atoms. The number of fused-ring (bicyclic) bond motifs is 4. The maximum atomic E-state index is 15.2. The van der Waals surface area contributed by atoms with Crippen LogP contribution in [-0.4, -0.2) is 9.55 Å². The monoisotopic (exact) mass is 413 g/mol. The van der Waals surface area contributed by atoms with Crippen molar-refractivity contribution in [2.75, 3.05) is 0 Å². The van der Waals surface area contributed by atoms with Crippen LogP contribution in [0.4, 0.5) is 4.39 Å². The summed E-state index contributed by atoms with van der Waals surface area (Å²) in [4.78, 5) is 4.64. The van der Waals surface area contributed by atoms with E-state index in [0.717, 1.165) is 43.8 Å². The van der Waals surface area contributed by atoms with Crippen molar-refractivity contribution in [3.05, 3.63) is 109 Å². The number of para-hydroxylation sites is 2. The van der Waals surface area contributed by atoms with Crippen LogP contribution in [0.3, 0.4) is 0 Å². The molecule has 0 amide bonds. The molecule has 0 saturated carbocycles. The minimum Gasteiger partial charge on any atom is -0.306 e. The highest BCUT2D eigenvalue weighted by Gasteiger charge is 2.19. The molecule has 150 valence electrons. The lowest BCUT2D eigenvalue weighted by atomic mass is 9.99. The Balaban J connectivity index is 1.73. The van der Waals surface area contributed by atoms with E-state index in [0.29, 0.717) is 5.69 Å². The molecule has 0 bridgehead atoms. The molecule has 0 aliphatic carbocycles. The van der Waals surface area contributed by atoms with Gasteiger partial charge in [-0.25, -0.2) is 4.39 Å². The maximum Gasteiger partial charge on any atom is 0.164 e. The zero-order valence-electron chi connectivity index (χ0n) is 17.0. The summed E-state index contributed by atoms with van der Waals surface area (Å²) in [7, 11) is 0. The molecule has 0 spiro atoms. The molecule has 6 rings (SSSR count). The van der Waals surface area contributed by atoms with E-state index in [1.165, 1.54) is 6.07 Å². The van der Waals surface area contributed by atoms with Crippen LogP contribution in [0.15, 0.2) is 97.2 Å². The number of halogens is 1. The molecule has 0 saturated heterocycles. The lowest BCUT2D eigenvalue weighted by molar-refractivity contribution is 0.617. The van der Waals surface area contributed by atoms with Crippen LogP contribution in [0.1, 0.15) is 5.56 Å². The maximum absolute atomic E-state index is 15.2. The highest BCUT2D eigenvalue weighted by Crippen LogP contribution is 2.39. The van der Waals surface area contributed by atoms with Gasteiger partial charge in [0.25, 0.3) is 0 Å². The molecule has 2 heterocycles. The van der Waals surface area contributed by atoms with Gasteiger partial charge in [-0.3, -0.25) is 4.98 Å². The number of aromatic nitrogens is 2. The number of rotatable bonds is 2. The van der Waals surface area contributed by atoms with Crippen LogP contribution in [0, 0.1) is 17.1 Å². The summed E-state index contributed by atoms with van der Waals surface area (Å²) in [6, 6.07) is 31.1. The third kappa shape index (κ3) is 2.62. The zero-order valence-corrected chi connectivity index (χ0v) is 17.0. The third-order valence-corrected chi connectivity index (χ3v) is 5.94. The SMILES string of the molecule is N#Cc1cccc(-n2c3ccccc3c3c(-c4cnc5ccccc5c4)cccc32)c1F. The molecule has 4 heteroatoms. The molecule has 0 atom stereocenters. The van der Waals surface area contributed by atoms with Gasteiger partial charge >= 0.3 is 0 Å². The summed E-state index contributed by atoms with van der Waals surface area (Å²) in [6.45, 7) is 0. The van der Waals surface area contributed by atoms with Crippen molar-refractivity contribution >= 4 is 32.7 Å². The number of benzene rings is 4. The molecule has 4 aromatic carbocycles. The van der Waals surface area contributed by atoms with Gasteiger partial charge in [0.2, 0.25) is 0 Å². The number of hydrogen-bond donors (Lipinski definition) is 0. The fraction of sp³-hybridized carbons (Fsp3) is 0. The molecule has 6 aromatic rings. The Kier molecular flexibility index (Phi) is 4.02. The van der Waals surface area contributed by atoms with E-state index in [2.05, 4.69) is 29.2 Å². The largest absolute Gasteiger partial charge is 0.306 e. The van der Waals surface area contributed by atoms with E-state index in [4.69, 9.17) is 0 Å². The quantitative estimate of drug-likeness (QED) is 0.306. The summed E-state index contributed by atoms with van der Waals surface area (Å²) in [5.41, 5.74) is 5.15. The lowest BCUT2D eigenvalue weighted by Crippen LogP contribution is -1.99. The number of nitriles is 1. The first-order valence-corrected chi connectivity index (χ1v) is 10.3. The average Bonchev–Trinajstić information content (AvgIpc) is 3.18. The van der Waals surface area contributed by atoms with E-state index >= 15 is 4.39 Å². The van der Waals surface area contributed by atoms with Gasteiger partial charge < -0.3 is 4.57 Å². The summed E-state index contributed by atoms with van der Waals surface area (Å²) >= 11 is 0. The van der Waals surface area contributed by atoms with Gasteiger partial charge in [-0.1, -0.05) is 54.6 Å². The number of hydrogen-bond acceptors (Lipinski definition) is 2. The minimum absolute atomic E-state index is 0.0308. The Morgan fingerprint density at radius 3 is 2.50 bits per heavy atom. The van der Waals surface area contributed by atoms with Gasteiger partial charge in [0.05, 0.1) is 27.8 Å². The number of nitrogens with zero attached hydrogens (tertiary/aromatic N) is 3. The van der Waals surface area contributed by atoms with Crippen molar-refractivity contribution in [1.29, 1.82) is 5.26 Å². The standard InChI is InChI=1S/C28H16FN3/c29-28-19(16-30)8-5-14-26(28)32-24-12-4-2-9-22(24)27-21(10-6-13-25(27)32)20-15-18-7-1-3-11-23(18)31-17-20/h1-15,17H. The van der Waals surface area contributed by atoms with Crippen molar-refractivity contribution in [2.24, 2.45) is 0 Å². The molecule has 2 aromatic heterocycles. The van der Waals surface area contributed by atoms with Crippen molar-refractivity contribution < 1.29 is 4.39 Å². The van der Waals surface area contributed by atoms with Gasteiger partial charge in [0, 0.05) is 27.9 Å². The van der Waals surface area contributed by atoms with Crippen molar-refractivity contribution in [1.82, 2.24) is 9.55 Å². The fourth-order valence-electron chi connectivity index (χ4n) is 4.52. The summed E-state index contributed by atoms with van der Waals surface area (Å²) in [5, 5.41) is 12.5. The Morgan fingerprint density at radius 1 is 0.812 bits per heavy atom. The van der Waals surface area contributed by atoms with E-state index in [1.54, 1.807) is 12.1 Å². The van der Waals surface area contributed by atoms with E-state index in [1.807, 2.05) is 65.4 Å². The molecule has 3 nitrogen and oxygen atoms in total. The molecule has 0 fully saturated rings. The van der Waals surface area contributed by atoms with E-state index in [-0.39, 0.29) is 5.56 Å². The second-order valence-electron chi connectivity index (χ2n) is 7.72. The Bertz CT molecular complexity index is 1710. The number of pyridine rings is 1. The molecular formula is C28H16FN3. The fourth-order valence-corrected chi connectivity index (χ4v) is 4.52. The van der Waals surface area contributed by atoms with Crippen LogP contribution >= 0.6 is 0 Å². The first-order valence-electron chi connectivity index (χ1n) is 10.3. The molecule has 0 N–H and O–H groups in total. The predicted molar refractivity (Wildman–Crippen MR) is 126 cm³/mol. The van der Waals surface area contributed by atoms with Gasteiger partial charge in [-0.2, -0.15) is 5.26 Å². The van der Waals surface area contributed by atoms with Gasteiger partial charge in [-0.15, -0.1) is 0 Å². The van der Waals surface area contributed by atoms with Crippen LogP contribution in [0.2, 0.25) is 0 Å². The van der Waals surface area contributed by atoms with E-state index in [9.17, 15) is 5.26 Å². The lowest BCUT2D eigenvalue weighted by Gasteiger charge is -2.10.